The van der Waals surface area contributed by atoms with Gasteiger partial charge in [-0.3, -0.25) is 4.79 Å². The van der Waals surface area contributed by atoms with Gasteiger partial charge >= 0.3 is 5.97 Å². The van der Waals surface area contributed by atoms with Crippen LogP contribution in [0.5, 0.6) is 5.75 Å². The van der Waals surface area contributed by atoms with Crippen LogP contribution in [-0.2, 0) is 4.79 Å². The zero-order valence-electron chi connectivity index (χ0n) is 9.97. The van der Waals surface area contributed by atoms with Crippen LogP contribution in [0.4, 0.5) is 4.39 Å². The highest BCUT2D eigenvalue weighted by Crippen LogP contribution is 2.24. The number of carbonyl (C=O) groups is 1. The smallest absolute Gasteiger partial charge is 0.303 e. The third-order valence-corrected chi connectivity index (χ3v) is 2.61. The highest BCUT2D eigenvalue weighted by Gasteiger charge is 2.19. The summed E-state index contributed by atoms with van der Waals surface area (Å²) in [7, 11) is 1.34. The highest BCUT2D eigenvalue weighted by molar-refractivity contribution is 5.66. The first-order valence-corrected chi connectivity index (χ1v) is 5.44. The Morgan fingerprint density at radius 1 is 1.56 bits per heavy atom. The Labute approximate surface area is 104 Å². The van der Waals surface area contributed by atoms with Crippen molar-refractivity contribution >= 4 is 5.97 Å². The summed E-state index contributed by atoms with van der Waals surface area (Å²) in [4.78, 5) is 10.4. The van der Waals surface area contributed by atoms with Crippen LogP contribution in [0.2, 0.25) is 0 Å². The van der Waals surface area contributed by atoms with E-state index in [-0.39, 0.29) is 18.6 Å². The number of rotatable bonds is 6. The SMILES string of the molecule is COc1ccc(C(O)C(N)CCC(=O)O)cc1F. The van der Waals surface area contributed by atoms with Crippen molar-refractivity contribution in [2.75, 3.05) is 7.11 Å². The fourth-order valence-electron chi connectivity index (χ4n) is 1.56. The molecule has 0 aliphatic rings. The standard InChI is InChI=1S/C12H16FNO4/c1-18-10-4-2-7(6-8(10)13)12(17)9(14)3-5-11(15)16/h2,4,6,9,12,17H,3,5,14H2,1H3,(H,15,16). The first-order valence-electron chi connectivity index (χ1n) is 5.44. The molecule has 0 saturated heterocycles. The van der Waals surface area contributed by atoms with Gasteiger partial charge in [0.2, 0.25) is 0 Å². The number of ether oxygens (including phenoxy) is 1. The van der Waals surface area contributed by atoms with Crippen LogP contribution in [-0.4, -0.2) is 29.3 Å². The molecule has 0 fully saturated rings. The largest absolute Gasteiger partial charge is 0.494 e. The molecule has 1 rings (SSSR count). The van der Waals surface area contributed by atoms with E-state index in [0.717, 1.165) is 6.07 Å². The van der Waals surface area contributed by atoms with Crippen LogP contribution < -0.4 is 10.5 Å². The average molecular weight is 257 g/mol. The third-order valence-electron chi connectivity index (χ3n) is 2.61. The molecule has 6 heteroatoms. The molecule has 0 aliphatic heterocycles. The molecule has 0 aliphatic carbocycles. The second-order valence-corrected chi connectivity index (χ2v) is 3.94. The Kier molecular flexibility index (Phi) is 5.06. The summed E-state index contributed by atoms with van der Waals surface area (Å²) >= 11 is 0. The summed E-state index contributed by atoms with van der Waals surface area (Å²) in [6.07, 6.45) is -1.13. The van der Waals surface area contributed by atoms with Crippen molar-refractivity contribution in [2.45, 2.75) is 25.0 Å². The maximum absolute atomic E-state index is 13.4. The molecular formula is C12H16FNO4. The fourth-order valence-corrected chi connectivity index (χ4v) is 1.56. The van der Waals surface area contributed by atoms with Gasteiger partial charge in [-0.05, 0) is 24.1 Å². The lowest BCUT2D eigenvalue weighted by molar-refractivity contribution is -0.137. The minimum absolute atomic E-state index is 0.0741. The Hall–Kier alpha value is -1.66. The van der Waals surface area contributed by atoms with Crippen LogP contribution in [0.15, 0.2) is 18.2 Å². The molecule has 2 atom stereocenters. The zero-order chi connectivity index (χ0) is 13.7. The van der Waals surface area contributed by atoms with Crippen LogP contribution in [0.3, 0.4) is 0 Å². The van der Waals surface area contributed by atoms with Gasteiger partial charge in [0, 0.05) is 12.5 Å². The number of hydrogen-bond acceptors (Lipinski definition) is 4. The molecule has 0 aromatic heterocycles. The van der Waals surface area contributed by atoms with E-state index in [1.165, 1.54) is 19.2 Å². The molecule has 0 heterocycles. The number of carboxylic acid groups (broad SMARTS) is 1. The molecule has 1 aromatic rings. The van der Waals surface area contributed by atoms with Crippen LogP contribution in [0.1, 0.15) is 24.5 Å². The summed E-state index contributed by atoms with van der Waals surface area (Å²) in [5.74, 6) is -1.51. The van der Waals surface area contributed by atoms with Gasteiger partial charge in [-0.15, -0.1) is 0 Å². The van der Waals surface area contributed by atoms with Gasteiger partial charge in [-0.2, -0.15) is 0 Å². The van der Waals surface area contributed by atoms with E-state index in [9.17, 15) is 14.3 Å². The van der Waals surface area contributed by atoms with E-state index in [4.69, 9.17) is 15.6 Å². The molecule has 0 spiro atoms. The first-order chi connectivity index (χ1) is 8.45. The fraction of sp³-hybridized carbons (Fsp3) is 0.417. The van der Waals surface area contributed by atoms with Gasteiger partial charge in [0.25, 0.3) is 0 Å². The van der Waals surface area contributed by atoms with Gasteiger partial charge in [0.15, 0.2) is 11.6 Å². The number of aliphatic hydroxyl groups is 1. The normalized spacial score (nSPS) is 14.0. The van der Waals surface area contributed by atoms with Crippen molar-refractivity contribution < 1.29 is 24.1 Å². The van der Waals surface area contributed by atoms with Crippen LogP contribution in [0.25, 0.3) is 0 Å². The van der Waals surface area contributed by atoms with Crippen molar-refractivity contribution in [3.63, 3.8) is 0 Å². The highest BCUT2D eigenvalue weighted by atomic mass is 19.1. The molecular weight excluding hydrogens is 241 g/mol. The summed E-state index contributed by atoms with van der Waals surface area (Å²) < 4.78 is 18.2. The topological polar surface area (TPSA) is 92.8 Å². The summed E-state index contributed by atoms with van der Waals surface area (Å²) in [6.45, 7) is 0. The molecule has 18 heavy (non-hydrogen) atoms. The van der Waals surface area contributed by atoms with E-state index in [2.05, 4.69) is 0 Å². The molecule has 0 radical (unpaired) electrons. The average Bonchev–Trinajstić information content (AvgIpc) is 2.34. The van der Waals surface area contributed by atoms with Crippen molar-refractivity contribution in [2.24, 2.45) is 5.73 Å². The van der Waals surface area contributed by atoms with Crippen LogP contribution in [0, 0.1) is 5.82 Å². The molecule has 0 saturated carbocycles. The van der Waals surface area contributed by atoms with E-state index in [0.29, 0.717) is 5.56 Å². The van der Waals surface area contributed by atoms with Crippen molar-refractivity contribution in [1.29, 1.82) is 0 Å². The number of benzene rings is 1. The molecule has 5 nitrogen and oxygen atoms in total. The van der Waals surface area contributed by atoms with E-state index in [1.807, 2.05) is 0 Å². The van der Waals surface area contributed by atoms with Gasteiger partial charge in [-0.25, -0.2) is 4.39 Å². The third kappa shape index (κ3) is 3.68. The zero-order valence-corrected chi connectivity index (χ0v) is 9.97. The molecule has 0 amide bonds. The number of halogens is 1. The molecule has 4 N–H and O–H groups in total. The van der Waals surface area contributed by atoms with E-state index >= 15 is 0 Å². The Morgan fingerprint density at radius 3 is 2.72 bits per heavy atom. The van der Waals surface area contributed by atoms with Crippen molar-refractivity contribution in [3.05, 3.63) is 29.6 Å². The molecule has 0 bridgehead atoms. The Balaban J connectivity index is 2.74. The van der Waals surface area contributed by atoms with Crippen LogP contribution >= 0.6 is 0 Å². The maximum atomic E-state index is 13.4. The number of methoxy groups -OCH3 is 1. The maximum Gasteiger partial charge on any atom is 0.303 e. The van der Waals surface area contributed by atoms with Crippen molar-refractivity contribution in [1.82, 2.24) is 0 Å². The predicted octanol–water partition coefficient (Wildman–Crippen LogP) is 1.06. The quantitative estimate of drug-likeness (QED) is 0.708. The van der Waals surface area contributed by atoms with E-state index < -0.39 is 23.9 Å². The number of aliphatic hydroxyl groups excluding tert-OH is 1. The lowest BCUT2D eigenvalue weighted by Crippen LogP contribution is -2.29. The molecule has 100 valence electrons. The number of aliphatic carboxylic acids is 1. The van der Waals surface area contributed by atoms with Gasteiger partial charge < -0.3 is 20.7 Å². The Morgan fingerprint density at radius 2 is 2.22 bits per heavy atom. The monoisotopic (exact) mass is 257 g/mol. The van der Waals surface area contributed by atoms with Crippen molar-refractivity contribution in [3.8, 4) is 5.75 Å². The second kappa shape index (κ2) is 6.32. The minimum Gasteiger partial charge on any atom is -0.494 e. The van der Waals surface area contributed by atoms with E-state index in [1.54, 1.807) is 0 Å². The summed E-state index contributed by atoms with van der Waals surface area (Å²) in [5, 5.41) is 18.4. The number of hydrogen-bond donors (Lipinski definition) is 3. The predicted molar refractivity (Wildman–Crippen MR) is 62.8 cm³/mol. The van der Waals surface area contributed by atoms with Gasteiger partial charge in [-0.1, -0.05) is 6.07 Å². The minimum atomic E-state index is -1.11. The lowest BCUT2D eigenvalue weighted by atomic mass is 9.99. The lowest BCUT2D eigenvalue weighted by Gasteiger charge is -2.18. The number of carboxylic acids is 1. The van der Waals surface area contributed by atoms with Gasteiger partial charge in [0.05, 0.1) is 13.2 Å². The molecule has 1 aromatic carbocycles. The molecule has 2 unspecified atom stereocenters. The Bertz CT molecular complexity index is 425. The summed E-state index contributed by atoms with van der Waals surface area (Å²) in [6, 6.07) is 3.25. The summed E-state index contributed by atoms with van der Waals surface area (Å²) in [5.41, 5.74) is 5.95. The van der Waals surface area contributed by atoms with Gasteiger partial charge in [0.1, 0.15) is 0 Å². The number of nitrogens with two attached hydrogens (primary N) is 1. The second-order valence-electron chi connectivity index (χ2n) is 3.94. The first kappa shape index (κ1) is 14.4.